The second-order valence-corrected chi connectivity index (χ2v) is 32.6. The number of carbonyl (C=O) groups excluding carboxylic acids is 2. The van der Waals surface area contributed by atoms with E-state index < -0.39 is 121 Å². The van der Waals surface area contributed by atoms with Gasteiger partial charge in [0.2, 0.25) is 5.69 Å². The van der Waals surface area contributed by atoms with Gasteiger partial charge in [0.1, 0.15) is 48.4 Å². The Morgan fingerprint density at radius 2 is 1.18 bits per heavy atom. The van der Waals surface area contributed by atoms with Gasteiger partial charge in [-0.2, -0.15) is 4.58 Å². The molecule has 0 unspecified atom stereocenters. The Labute approximate surface area is 717 Å². The average Bonchev–Trinajstić information content (AvgIpc) is 1.54. The molecule has 4 aromatic carbocycles. The Balaban J connectivity index is 0.00000567. The van der Waals surface area contributed by atoms with Crippen molar-refractivity contribution in [2.75, 3.05) is 66.3 Å². The van der Waals surface area contributed by atoms with Crippen LogP contribution in [0.3, 0.4) is 0 Å². The van der Waals surface area contributed by atoms with Gasteiger partial charge < -0.3 is 52.0 Å². The van der Waals surface area contributed by atoms with Crippen molar-refractivity contribution in [2.45, 2.75) is 117 Å². The van der Waals surface area contributed by atoms with Crippen molar-refractivity contribution in [3.8, 4) is 5.75 Å². The molecule has 4 aliphatic rings. The van der Waals surface area contributed by atoms with Crippen LogP contribution in [0.2, 0.25) is 0 Å². The molecule has 0 atom stereocenters. The summed E-state index contributed by atoms with van der Waals surface area (Å²) in [5.74, 6) is -3.29. The monoisotopic (exact) mass is 1550 g/mol. The fraction of sp³-hybridized carbons (Fsp3) is 0.410. The maximum Gasteiger partial charge on any atom is 1.00 e. The van der Waals surface area contributed by atoms with E-state index in [0.717, 1.165) is 35.3 Å². The maximum absolute atomic E-state index is 12.8. The number of hydrogen-bond acceptors (Lipinski definition) is 25. The quantitative estimate of drug-likeness (QED) is 0.00890. The number of benzene rings is 4. The number of nitrogens with zero attached hydrogens (tertiary/aromatic N) is 5. The zero-order chi connectivity index (χ0) is 69.1. The molecule has 2 amide bonds. The van der Waals surface area contributed by atoms with Crippen molar-refractivity contribution in [2.24, 2.45) is 4.99 Å². The first-order chi connectivity index (χ1) is 43.6. The molecule has 0 radical (unpaired) electrons. The van der Waals surface area contributed by atoms with E-state index in [9.17, 15) is 92.5 Å². The second-order valence-electron chi connectivity index (χ2n) is 23.9. The van der Waals surface area contributed by atoms with Gasteiger partial charge in [-0.05, 0) is 172 Å². The molecule has 4 aromatic rings. The van der Waals surface area contributed by atoms with Gasteiger partial charge >= 0.3 is 177 Å². The van der Waals surface area contributed by atoms with Crippen molar-refractivity contribution in [1.82, 2.24) is 4.90 Å². The van der Waals surface area contributed by atoms with Crippen LogP contribution in [-0.4, -0.2) is 167 Å². The number of hydrogen-bond donors (Lipinski definition) is 0. The Morgan fingerprint density at radius 1 is 0.600 bits per heavy atom. The number of anilines is 2. The van der Waals surface area contributed by atoms with Crippen LogP contribution >= 0.6 is 0 Å². The summed E-state index contributed by atoms with van der Waals surface area (Å²) in [7, 11) is -29.6. The van der Waals surface area contributed by atoms with Gasteiger partial charge in [-0.25, -0.2) is 50.5 Å². The molecular weight excluding hydrogens is 1490 g/mol. The van der Waals surface area contributed by atoms with E-state index >= 15 is 0 Å². The summed E-state index contributed by atoms with van der Waals surface area (Å²) in [6.45, 7) is 7.29. The number of rotatable bonds is 30. The third-order valence-electron chi connectivity index (χ3n) is 16.6. The first kappa shape index (κ1) is 95.1. The van der Waals surface area contributed by atoms with Crippen molar-refractivity contribution < 1.29 is 279 Å². The molecule has 39 heteroatoms. The number of allylic oxidation sites excluding steroid dienone is 7. The molecule has 27 nitrogen and oxygen atoms in total. The maximum atomic E-state index is 12.8. The molecule has 1 aliphatic carbocycles. The van der Waals surface area contributed by atoms with Crippen molar-refractivity contribution in [3.63, 3.8) is 0 Å². The third-order valence-corrected chi connectivity index (χ3v) is 21.5. The second kappa shape index (κ2) is 38.9. The van der Waals surface area contributed by atoms with E-state index in [0.29, 0.717) is 95.3 Å². The summed E-state index contributed by atoms with van der Waals surface area (Å²) in [4.78, 5) is 29.9. The minimum atomic E-state index is -5.39. The van der Waals surface area contributed by atoms with Gasteiger partial charge in [0.05, 0.1) is 57.0 Å². The van der Waals surface area contributed by atoms with Crippen LogP contribution in [0, 0.1) is 0 Å². The predicted octanol–water partition coefficient (Wildman–Crippen LogP) is -13.5. The van der Waals surface area contributed by atoms with Crippen molar-refractivity contribution in [1.29, 1.82) is 0 Å². The molecule has 3 aliphatic heterocycles. The van der Waals surface area contributed by atoms with Gasteiger partial charge in [0.25, 0.3) is 11.8 Å². The molecule has 8 rings (SSSR count). The molecule has 0 spiro atoms. The minimum absolute atomic E-state index is 0. The van der Waals surface area contributed by atoms with Gasteiger partial charge in [-0.15, -0.1) is 0 Å². The Kier molecular flexibility index (Phi) is 36.9. The van der Waals surface area contributed by atoms with Crippen molar-refractivity contribution >= 4 is 112 Å². The van der Waals surface area contributed by atoms with Crippen LogP contribution in [0.1, 0.15) is 103 Å². The molecule has 510 valence electrons. The smallest absolute Gasteiger partial charge is 0.862 e. The number of unbranched alkanes of at least 4 members (excludes halogenated alkanes) is 2. The molecule has 0 N–H and O–H groups in total. The van der Waals surface area contributed by atoms with E-state index in [4.69, 9.17) is 4.74 Å². The number of aliphatic imine (C=N–C) groups is 1. The molecule has 0 saturated heterocycles. The van der Waals surface area contributed by atoms with Crippen LogP contribution in [0.25, 0.3) is 10.8 Å². The zero-order valence-electron chi connectivity index (χ0n) is 57.4. The fourth-order valence-electron chi connectivity index (χ4n) is 12.2. The normalized spacial score (nSPS) is 17.0. The van der Waals surface area contributed by atoms with Gasteiger partial charge in [-0.1, -0.05) is 19.9 Å². The van der Waals surface area contributed by atoms with E-state index in [-0.39, 0.29) is 265 Å². The molecule has 3 heterocycles. The number of ether oxygens (including phenoxy) is 1. The predicted molar refractivity (Wildman–Crippen MR) is 337 cm³/mol. The van der Waals surface area contributed by atoms with Crippen molar-refractivity contribution in [3.05, 3.63) is 137 Å². The van der Waals surface area contributed by atoms with E-state index in [1.165, 1.54) is 18.2 Å². The van der Waals surface area contributed by atoms with Crippen LogP contribution < -0.4 is 197 Å². The molecule has 0 saturated carbocycles. The summed E-state index contributed by atoms with van der Waals surface area (Å²) in [6.07, 6.45) is 11.4. The summed E-state index contributed by atoms with van der Waals surface area (Å²) in [5.41, 5.74) is 2.61. The first-order valence-corrected chi connectivity index (χ1v) is 38.6. The third kappa shape index (κ3) is 25.0. The summed E-state index contributed by atoms with van der Waals surface area (Å²) in [6, 6.07) is 14.3. The topological polar surface area (TPSA) is 435 Å². The van der Waals surface area contributed by atoms with Crippen LogP contribution in [0.4, 0.5) is 17.1 Å². The largest absolute Gasteiger partial charge is 1.00 e. The Hall–Kier alpha value is -1.02. The van der Waals surface area contributed by atoms with Gasteiger partial charge in [0.15, 0.2) is 5.71 Å². The van der Waals surface area contributed by atoms with Gasteiger partial charge in [0, 0.05) is 108 Å². The number of fused-ring (bicyclic) bond motifs is 4. The summed E-state index contributed by atoms with van der Waals surface area (Å²) < 4.78 is 226. The molecular formula is C61H67N5Na6O22S6. The first-order valence-electron chi connectivity index (χ1n) is 29.6. The van der Waals surface area contributed by atoms with E-state index in [2.05, 4.69) is 4.99 Å². The van der Waals surface area contributed by atoms with Crippen LogP contribution in [0.15, 0.2) is 145 Å². The fourth-order valence-corrected chi connectivity index (χ4v) is 15.4. The van der Waals surface area contributed by atoms with Crippen LogP contribution in [0.5, 0.6) is 5.75 Å². The summed E-state index contributed by atoms with van der Waals surface area (Å²) in [5, 5.41) is 12.7. The number of carbonyl (C=O) groups is 2. The zero-order valence-corrected chi connectivity index (χ0v) is 74.3. The van der Waals surface area contributed by atoms with Crippen LogP contribution in [-0.2, 0) is 81.1 Å². The Bertz CT molecular complexity index is 4610. The minimum Gasteiger partial charge on any atom is -0.862 e. The molecule has 0 bridgehead atoms. The Morgan fingerprint density at radius 3 is 1.74 bits per heavy atom. The number of imide groups is 1. The molecule has 0 fully saturated rings. The van der Waals surface area contributed by atoms with E-state index in [1.807, 2.05) is 23.3 Å². The number of amides is 2. The van der Waals surface area contributed by atoms with Gasteiger partial charge in [-0.3, -0.25) is 14.5 Å². The molecule has 100 heavy (non-hydrogen) atoms. The standard InChI is InChI=1S/C61H73N5O22S6.6Na/c1-60(2)49-38-43(63(30-9-35-89(70,71)72)31-10-36-90(73,74)75)17-23-50(49)64(33-11-37-91(76,77)78)53(60)25-15-41-12-8-13-42(59(41)88-44-18-20-45(21-19-44)92(79,80)81)16-26-54-61(3,4)58-48-39-46(93(82,83)84)40-52(94(85,86)87)47(48)22-24-51(58)65(54)32-7-5-6-14-55(67)62-29-34-66-56(68)27-28-57(66)69;;;;;;/h15-28,38-40H,5-14,29-37H2,1-4H3,(H6-,62,67,70,71,72,73,74,75,76,77,78,79,80,81,82,83,84,85,86,87);;;;;;/q;6*+1/p-6. The SMILES string of the molecule is CC1(C)C(/C=C/C2=C(Oc3ccc(S(=O)(=O)[O-])cc3)C(=C/C=C3/N(CCCS(=O)(=O)[O-])c4ccc(N(CCCS(=O)(=O)[O-])CCCS(=O)(=O)[O-])cc4C3(C)C)/CCC2)=[N+](CCCCCC([O-])=NCCN2C(=O)C=CC2=O)c2ccc3c(S(=O)(=O)[O-])cc(S(=O)(=O)[O-])cc3c21.[Na+].[Na+].[Na+].[Na+].[Na+].[Na+]. The average molecular weight is 1550 g/mol. The molecule has 0 aromatic heterocycles. The summed E-state index contributed by atoms with van der Waals surface area (Å²) >= 11 is 0. The van der Waals surface area contributed by atoms with E-state index in [1.54, 1.807) is 67.3 Å².